The first-order valence-electron chi connectivity index (χ1n) is 10.4. The van der Waals surface area contributed by atoms with E-state index in [0.717, 1.165) is 61.7 Å². The van der Waals surface area contributed by atoms with Crippen LogP contribution in [0.5, 0.6) is 0 Å². The third-order valence-electron chi connectivity index (χ3n) is 6.03. The zero-order valence-corrected chi connectivity index (χ0v) is 17.2. The van der Waals surface area contributed by atoms with Crippen molar-refractivity contribution in [3.8, 4) is 0 Å². The minimum Gasteiger partial charge on any atom is -0.339 e. The van der Waals surface area contributed by atoms with Crippen LogP contribution in [0.3, 0.4) is 0 Å². The van der Waals surface area contributed by atoms with E-state index in [-0.39, 0.29) is 11.8 Å². The van der Waals surface area contributed by atoms with E-state index in [2.05, 4.69) is 50.7 Å². The Hall–Kier alpha value is -3.20. The predicted octanol–water partition coefficient (Wildman–Crippen LogP) is 2.01. The number of hydrogen-bond acceptors (Lipinski definition) is 6. The quantitative estimate of drug-likeness (QED) is 0.668. The summed E-state index contributed by atoms with van der Waals surface area (Å²) in [5.41, 5.74) is 3.98. The van der Waals surface area contributed by atoms with E-state index in [9.17, 15) is 4.79 Å². The van der Waals surface area contributed by atoms with Gasteiger partial charge < -0.3 is 10.2 Å². The molecule has 1 amide bonds. The van der Waals surface area contributed by atoms with Gasteiger partial charge in [-0.05, 0) is 37.6 Å². The number of fused-ring (bicyclic) bond motifs is 2. The first-order valence-corrected chi connectivity index (χ1v) is 10.4. The average molecular weight is 406 g/mol. The summed E-state index contributed by atoms with van der Waals surface area (Å²) in [5, 5.41) is 12.5. The van der Waals surface area contributed by atoms with Gasteiger partial charge in [0.15, 0.2) is 11.5 Å². The third kappa shape index (κ3) is 3.45. The molecule has 1 atom stereocenters. The third-order valence-corrected chi connectivity index (χ3v) is 6.03. The maximum atomic E-state index is 12.1. The number of likely N-dealkylation sites (tertiary alicyclic amines) is 1. The van der Waals surface area contributed by atoms with Crippen LogP contribution in [0.1, 0.15) is 30.0 Å². The topological polar surface area (TPSA) is 83.6 Å². The molecule has 5 heterocycles. The van der Waals surface area contributed by atoms with Gasteiger partial charge in [0.05, 0.1) is 17.9 Å². The summed E-state index contributed by atoms with van der Waals surface area (Å²) in [6.45, 7) is 7.88. The Kier molecular flexibility index (Phi) is 4.74. The number of pyridine rings is 1. The van der Waals surface area contributed by atoms with E-state index in [4.69, 9.17) is 5.10 Å². The number of hydrogen-bond donors (Lipinski definition) is 1. The Balaban J connectivity index is 1.45. The second kappa shape index (κ2) is 7.56. The molecule has 30 heavy (non-hydrogen) atoms. The number of aromatic nitrogens is 5. The van der Waals surface area contributed by atoms with Crippen molar-refractivity contribution in [2.75, 3.05) is 32.0 Å². The number of nitrogens with zero attached hydrogens (tertiary/aromatic N) is 7. The first-order chi connectivity index (χ1) is 14.6. The van der Waals surface area contributed by atoms with Crippen LogP contribution in [0.15, 0.2) is 37.3 Å². The lowest BCUT2D eigenvalue weighted by Gasteiger charge is -2.32. The molecule has 1 saturated heterocycles. The molecule has 9 heteroatoms. The number of piperidine rings is 1. The zero-order chi connectivity index (χ0) is 20.7. The highest BCUT2D eigenvalue weighted by Gasteiger charge is 2.25. The van der Waals surface area contributed by atoms with E-state index in [1.807, 2.05) is 11.1 Å². The Labute approximate surface area is 175 Å². The number of nitrogens with one attached hydrogen (secondary N) is 1. The van der Waals surface area contributed by atoms with Gasteiger partial charge in [0.2, 0.25) is 5.91 Å². The fraction of sp³-hybridized carbons (Fsp3) is 0.429. The largest absolute Gasteiger partial charge is 0.339 e. The van der Waals surface area contributed by atoms with Crippen LogP contribution in [0.2, 0.25) is 0 Å². The van der Waals surface area contributed by atoms with Gasteiger partial charge >= 0.3 is 0 Å². The Morgan fingerprint density at radius 3 is 3.07 bits per heavy atom. The zero-order valence-electron chi connectivity index (χ0n) is 17.2. The van der Waals surface area contributed by atoms with Gasteiger partial charge in [-0.15, -0.1) is 0 Å². The molecule has 0 aliphatic carbocycles. The summed E-state index contributed by atoms with van der Waals surface area (Å²) in [4.78, 5) is 20.7. The van der Waals surface area contributed by atoms with Crippen LogP contribution in [-0.4, -0.2) is 66.8 Å². The highest BCUT2D eigenvalue weighted by molar-refractivity contribution is 5.87. The molecule has 156 valence electrons. The van der Waals surface area contributed by atoms with Crippen molar-refractivity contribution in [1.29, 1.82) is 0 Å². The van der Waals surface area contributed by atoms with Crippen LogP contribution in [0.25, 0.3) is 5.65 Å². The van der Waals surface area contributed by atoms with Crippen molar-refractivity contribution in [3.05, 3.63) is 48.6 Å². The van der Waals surface area contributed by atoms with E-state index in [1.165, 1.54) is 11.8 Å². The lowest BCUT2D eigenvalue weighted by atomic mass is 9.91. The van der Waals surface area contributed by atoms with Crippen LogP contribution >= 0.6 is 0 Å². The summed E-state index contributed by atoms with van der Waals surface area (Å²) in [6, 6.07) is 4.22. The number of anilines is 2. The monoisotopic (exact) mass is 406 g/mol. The Morgan fingerprint density at radius 1 is 1.30 bits per heavy atom. The van der Waals surface area contributed by atoms with Crippen molar-refractivity contribution < 1.29 is 4.79 Å². The SMILES string of the molecule is C=CC(=O)N1CCC[C@@H](c2cc(Nc3cc4n(n3)CCN(C)C4)c3ncnn3c2)C1. The molecule has 0 radical (unpaired) electrons. The standard InChI is InChI=1S/C21H26N8O/c1-3-20(30)27-6-4-5-15(11-27)16-9-18(21-22-14-23-29(21)12-16)24-19-10-17-13-26(2)7-8-28(17)25-19/h3,9-10,12,14-15H,1,4-8,11,13H2,2H3,(H,24,25)/t15-/m1/s1. The number of carbonyl (C=O) groups is 1. The van der Waals surface area contributed by atoms with Crippen molar-refractivity contribution in [1.82, 2.24) is 34.2 Å². The number of rotatable bonds is 4. The van der Waals surface area contributed by atoms with Gasteiger partial charge in [-0.25, -0.2) is 9.50 Å². The van der Waals surface area contributed by atoms with Crippen molar-refractivity contribution in [2.24, 2.45) is 0 Å². The first kappa shape index (κ1) is 18.8. The number of likely N-dealkylation sites (N-methyl/N-ethyl adjacent to an activating group) is 1. The number of carbonyl (C=O) groups excluding carboxylic acids is 1. The van der Waals surface area contributed by atoms with Crippen molar-refractivity contribution in [3.63, 3.8) is 0 Å². The predicted molar refractivity (Wildman–Crippen MR) is 114 cm³/mol. The van der Waals surface area contributed by atoms with Gasteiger partial charge in [0.25, 0.3) is 0 Å². The van der Waals surface area contributed by atoms with Gasteiger partial charge in [-0.1, -0.05) is 6.58 Å². The maximum Gasteiger partial charge on any atom is 0.245 e. The summed E-state index contributed by atoms with van der Waals surface area (Å²) in [6.07, 6.45) is 6.99. The summed E-state index contributed by atoms with van der Waals surface area (Å²) in [7, 11) is 2.12. The highest BCUT2D eigenvalue weighted by Crippen LogP contribution is 2.31. The molecule has 9 nitrogen and oxygen atoms in total. The molecule has 0 unspecified atom stereocenters. The van der Waals surface area contributed by atoms with Gasteiger partial charge in [-0.3, -0.25) is 14.4 Å². The molecule has 0 aromatic carbocycles. The second-order valence-electron chi connectivity index (χ2n) is 8.15. The maximum absolute atomic E-state index is 12.1. The molecule has 1 fully saturated rings. The highest BCUT2D eigenvalue weighted by atomic mass is 16.2. The molecule has 0 spiro atoms. The van der Waals surface area contributed by atoms with E-state index in [0.29, 0.717) is 6.54 Å². The fourth-order valence-electron chi connectivity index (χ4n) is 4.44. The summed E-state index contributed by atoms with van der Waals surface area (Å²) < 4.78 is 3.86. The average Bonchev–Trinajstić information content (AvgIpc) is 3.39. The smallest absolute Gasteiger partial charge is 0.245 e. The van der Waals surface area contributed by atoms with E-state index >= 15 is 0 Å². The van der Waals surface area contributed by atoms with Crippen LogP contribution < -0.4 is 5.32 Å². The van der Waals surface area contributed by atoms with Crippen molar-refractivity contribution >= 4 is 23.1 Å². The van der Waals surface area contributed by atoms with Gasteiger partial charge in [-0.2, -0.15) is 10.2 Å². The Bertz CT molecular complexity index is 1100. The van der Waals surface area contributed by atoms with Crippen LogP contribution in [-0.2, 0) is 17.9 Å². The van der Waals surface area contributed by atoms with E-state index in [1.54, 1.807) is 10.8 Å². The van der Waals surface area contributed by atoms with Gasteiger partial charge in [0, 0.05) is 44.4 Å². The fourth-order valence-corrected chi connectivity index (χ4v) is 4.44. The molecule has 5 rings (SSSR count). The molecule has 3 aromatic rings. The molecule has 0 bridgehead atoms. The van der Waals surface area contributed by atoms with E-state index < -0.39 is 0 Å². The molecule has 3 aromatic heterocycles. The lowest BCUT2D eigenvalue weighted by Crippen LogP contribution is -2.38. The lowest BCUT2D eigenvalue weighted by molar-refractivity contribution is -0.127. The molecule has 2 aliphatic heterocycles. The minimum absolute atomic E-state index is 0.00607. The summed E-state index contributed by atoms with van der Waals surface area (Å²) in [5.74, 6) is 1.06. The molecular formula is C21H26N8O. The molecular weight excluding hydrogens is 380 g/mol. The Morgan fingerprint density at radius 2 is 2.20 bits per heavy atom. The second-order valence-corrected chi connectivity index (χ2v) is 8.15. The minimum atomic E-state index is -0.00607. The molecule has 2 aliphatic rings. The normalized spacial score (nSPS) is 19.6. The summed E-state index contributed by atoms with van der Waals surface area (Å²) >= 11 is 0. The number of amides is 1. The van der Waals surface area contributed by atoms with Crippen molar-refractivity contribution in [2.45, 2.75) is 31.8 Å². The molecule has 0 saturated carbocycles. The van der Waals surface area contributed by atoms with Crippen LogP contribution in [0, 0.1) is 0 Å². The van der Waals surface area contributed by atoms with Gasteiger partial charge in [0.1, 0.15) is 6.33 Å². The van der Waals surface area contributed by atoms with Crippen LogP contribution in [0.4, 0.5) is 11.5 Å². The molecule has 1 N–H and O–H groups in total.